The average molecular weight is 279 g/mol. The van der Waals surface area contributed by atoms with E-state index >= 15 is 0 Å². The van der Waals surface area contributed by atoms with Crippen molar-refractivity contribution in [1.29, 1.82) is 0 Å². The van der Waals surface area contributed by atoms with Crippen molar-refractivity contribution in [3.8, 4) is 0 Å². The van der Waals surface area contributed by atoms with E-state index in [4.69, 9.17) is 5.84 Å². The molecule has 0 bridgehead atoms. The van der Waals surface area contributed by atoms with Crippen molar-refractivity contribution in [3.63, 3.8) is 0 Å². The molecule has 0 radical (unpaired) electrons. The first-order valence-electron chi connectivity index (χ1n) is 5.86. The summed E-state index contributed by atoms with van der Waals surface area (Å²) in [5.74, 6) is 5.54. The molecule has 2 rings (SSSR count). The Morgan fingerprint density at radius 2 is 2.06 bits per heavy atom. The molecule has 0 aliphatic heterocycles. The highest BCUT2D eigenvalue weighted by Gasteiger charge is 2.40. The molecule has 18 heavy (non-hydrogen) atoms. The van der Waals surface area contributed by atoms with Gasteiger partial charge in [-0.25, -0.2) is 4.98 Å². The van der Waals surface area contributed by atoms with Crippen LogP contribution in [0.25, 0.3) is 0 Å². The van der Waals surface area contributed by atoms with E-state index in [9.17, 15) is 13.2 Å². The lowest BCUT2D eigenvalue weighted by molar-refractivity contribution is -0.137. The number of hydrogen-bond donors (Lipinski definition) is 2. The predicted octanol–water partition coefficient (Wildman–Crippen LogP) is 3.25. The van der Waals surface area contributed by atoms with Gasteiger partial charge in [-0.3, -0.25) is 11.3 Å². The summed E-state index contributed by atoms with van der Waals surface area (Å²) in [6, 6.07) is -0.256. The summed E-state index contributed by atoms with van der Waals surface area (Å²) in [6.07, 6.45) is 1.06. The van der Waals surface area contributed by atoms with E-state index < -0.39 is 11.2 Å². The van der Waals surface area contributed by atoms with Crippen molar-refractivity contribution in [2.24, 2.45) is 11.3 Å². The Bertz CT molecular complexity index is 410. The van der Waals surface area contributed by atoms with Crippen LogP contribution < -0.4 is 11.3 Å². The van der Waals surface area contributed by atoms with Crippen LogP contribution in [0.1, 0.15) is 48.5 Å². The first kappa shape index (κ1) is 13.8. The number of thiazole rings is 1. The number of nitrogens with two attached hydrogens (primary N) is 1. The summed E-state index contributed by atoms with van der Waals surface area (Å²) in [6.45, 7) is 2.07. The van der Waals surface area contributed by atoms with Gasteiger partial charge in [0.25, 0.3) is 0 Å². The third kappa shape index (κ3) is 2.53. The molecule has 7 heteroatoms. The van der Waals surface area contributed by atoms with Crippen molar-refractivity contribution >= 4 is 11.3 Å². The lowest BCUT2D eigenvalue weighted by Crippen LogP contribution is -2.38. The zero-order valence-electron chi connectivity index (χ0n) is 10.0. The van der Waals surface area contributed by atoms with Crippen LogP contribution in [0.15, 0.2) is 6.20 Å². The van der Waals surface area contributed by atoms with E-state index in [1.807, 2.05) is 0 Å². The van der Waals surface area contributed by atoms with Crippen LogP contribution in [0.5, 0.6) is 0 Å². The largest absolute Gasteiger partial charge is 0.443 e. The fourth-order valence-electron chi connectivity index (χ4n) is 2.65. The van der Waals surface area contributed by atoms with Gasteiger partial charge in [-0.15, -0.1) is 11.3 Å². The molecule has 1 saturated carbocycles. The summed E-state index contributed by atoms with van der Waals surface area (Å²) in [7, 11) is 0. The van der Waals surface area contributed by atoms with E-state index in [1.54, 1.807) is 0 Å². The third-order valence-corrected chi connectivity index (χ3v) is 4.77. The number of halogens is 3. The molecule has 1 aliphatic rings. The Hall–Kier alpha value is -0.660. The molecule has 0 aromatic carbocycles. The van der Waals surface area contributed by atoms with Crippen LogP contribution in [-0.2, 0) is 6.18 Å². The lowest BCUT2D eigenvalue weighted by Gasteiger charge is -2.32. The number of nitrogens with one attached hydrogen (secondary N) is 1. The van der Waals surface area contributed by atoms with Crippen molar-refractivity contribution in [3.05, 3.63) is 16.1 Å². The molecule has 1 heterocycles. The van der Waals surface area contributed by atoms with Crippen LogP contribution in [0.4, 0.5) is 13.2 Å². The van der Waals surface area contributed by atoms with Gasteiger partial charge < -0.3 is 0 Å². The maximum atomic E-state index is 12.5. The zero-order chi connectivity index (χ0) is 13.4. The fraction of sp³-hybridized carbons (Fsp3) is 0.727. The number of hydrazine groups is 1. The zero-order valence-corrected chi connectivity index (χ0v) is 10.9. The highest BCUT2D eigenvalue weighted by molar-refractivity contribution is 7.11. The van der Waals surface area contributed by atoms with Crippen LogP contribution in [0, 0.1) is 5.41 Å². The molecule has 1 aliphatic carbocycles. The quantitative estimate of drug-likeness (QED) is 0.659. The number of rotatable bonds is 3. The Balaban J connectivity index is 2.25. The Morgan fingerprint density at radius 1 is 1.44 bits per heavy atom. The summed E-state index contributed by atoms with van der Waals surface area (Å²) >= 11 is 0.679. The molecule has 3 nitrogen and oxygen atoms in total. The molecule has 0 spiro atoms. The molecular weight excluding hydrogens is 263 g/mol. The molecule has 1 aromatic rings. The summed E-state index contributed by atoms with van der Waals surface area (Å²) in [5, 5.41) is -0.806. The van der Waals surface area contributed by atoms with E-state index in [1.165, 1.54) is 6.20 Å². The molecule has 102 valence electrons. The Kier molecular flexibility index (Phi) is 3.66. The number of alkyl halides is 3. The van der Waals surface area contributed by atoms with Gasteiger partial charge >= 0.3 is 6.18 Å². The summed E-state index contributed by atoms with van der Waals surface area (Å²) in [5.41, 5.74) is 2.59. The normalized spacial score (nSPS) is 21.2. The summed E-state index contributed by atoms with van der Waals surface area (Å²) < 4.78 is 37.6. The Labute approximate surface area is 108 Å². The van der Waals surface area contributed by atoms with Crippen LogP contribution in [0.3, 0.4) is 0 Å². The van der Waals surface area contributed by atoms with Crippen LogP contribution in [-0.4, -0.2) is 4.98 Å². The molecule has 3 N–H and O–H groups in total. The SMILES string of the molecule is CC1(C(NN)c2cnc(C(F)(F)F)s2)CCCC1. The first-order valence-corrected chi connectivity index (χ1v) is 6.67. The maximum Gasteiger partial charge on any atom is 0.443 e. The summed E-state index contributed by atoms with van der Waals surface area (Å²) in [4.78, 5) is 4.02. The minimum Gasteiger partial charge on any atom is -0.271 e. The van der Waals surface area contributed by atoms with E-state index in [2.05, 4.69) is 17.3 Å². The molecule has 1 atom stereocenters. The van der Waals surface area contributed by atoms with Gasteiger partial charge in [0.2, 0.25) is 0 Å². The maximum absolute atomic E-state index is 12.5. The average Bonchev–Trinajstić information content (AvgIpc) is 2.88. The highest BCUT2D eigenvalue weighted by atomic mass is 32.1. The van der Waals surface area contributed by atoms with Gasteiger partial charge in [0.15, 0.2) is 5.01 Å². The lowest BCUT2D eigenvalue weighted by atomic mass is 9.80. The van der Waals surface area contributed by atoms with E-state index in [-0.39, 0.29) is 11.5 Å². The highest BCUT2D eigenvalue weighted by Crippen LogP contribution is 2.48. The Morgan fingerprint density at radius 3 is 2.50 bits per heavy atom. The molecular formula is C11H16F3N3S. The molecule has 1 aromatic heterocycles. The monoisotopic (exact) mass is 279 g/mol. The van der Waals surface area contributed by atoms with Gasteiger partial charge in [0.1, 0.15) is 0 Å². The van der Waals surface area contributed by atoms with Crippen LogP contribution in [0.2, 0.25) is 0 Å². The van der Waals surface area contributed by atoms with Gasteiger partial charge in [-0.1, -0.05) is 19.8 Å². The minimum atomic E-state index is -4.38. The van der Waals surface area contributed by atoms with Gasteiger partial charge in [-0.2, -0.15) is 13.2 Å². The number of hydrogen-bond acceptors (Lipinski definition) is 4. The second kappa shape index (κ2) is 4.79. The first-order chi connectivity index (χ1) is 8.37. The van der Waals surface area contributed by atoms with Crippen molar-refractivity contribution in [1.82, 2.24) is 10.4 Å². The number of nitrogens with zero attached hydrogens (tertiary/aromatic N) is 1. The second-order valence-corrected chi connectivity index (χ2v) is 6.09. The standard InChI is InChI=1S/C11H16F3N3S/c1-10(4-2-3-5-10)8(17-15)7-6-16-9(18-7)11(12,13)14/h6,8,17H,2-5,15H2,1H3. The predicted molar refractivity (Wildman–Crippen MR) is 63.8 cm³/mol. The van der Waals surface area contributed by atoms with Crippen molar-refractivity contribution in [2.75, 3.05) is 0 Å². The second-order valence-electron chi connectivity index (χ2n) is 5.03. The molecule has 1 fully saturated rings. The molecule has 1 unspecified atom stereocenters. The topological polar surface area (TPSA) is 50.9 Å². The van der Waals surface area contributed by atoms with E-state index in [0.29, 0.717) is 16.2 Å². The van der Waals surface area contributed by atoms with E-state index in [0.717, 1.165) is 25.7 Å². The number of aromatic nitrogens is 1. The van der Waals surface area contributed by atoms with Crippen molar-refractivity contribution < 1.29 is 13.2 Å². The smallest absolute Gasteiger partial charge is 0.271 e. The molecule has 0 amide bonds. The fourth-order valence-corrected chi connectivity index (χ4v) is 3.67. The molecule has 0 saturated heterocycles. The van der Waals surface area contributed by atoms with Crippen LogP contribution >= 0.6 is 11.3 Å². The van der Waals surface area contributed by atoms with Crippen molar-refractivity contribution in [2.45, 2.75) is 44.8 Å². The minimum absolute atomic E-state index is 0.0792. The van der Waals surface area contributed by atoms with Gasteiger partial charge in [0, 0.05) is 11.1 Å². The third-order valence-electron chi connectivity index (χ3n) is 3.66. The van der Waals surface area contributed by atoms with Gasteiger partial charge in [0.05, 0.1) is 6.04 Å². The van der Waals surface area contributed by atoms with Gasteiger partial charge in [-0.05, 0) is 18.3 Å².